The number of carbonyl (C=O) groups is 1. The fourth-order valence-corrected chi connectivity index (χ4v) is 4.38. The number of nitrogens with zero attached hydrogens (tertiary/aromatic N) is 2. The van der Waals surface area contributed by atoms with E-state index in [2.05, 4.69) is 4.98 Å². The second kappa shape index (κ2) is 11.2. The van der Waals surface area contributed by atoms with Crippen LogP contribution in [-0.2, 0) is 17.8 Å². The molecule has 188 valence electrons. The first-order chi connectivity index (χ1) is 17.3. The number of aliphatic carboxylic acids is 1. The number of aliphatic hydroxyl groups is 1. The number of likely N-dealkylation sites (N-methyl/N-ethyl adjacent to an activating group) is 1. The molecule has 0 saturated heterocycles. The van der Waals surface area contributed by atoms with Gasteiger partial charge in [0.05, 0.1) is 16.7 Å². The van der Waals surface area contributed by atoms with Crippen molar-refractivity contribution in [3.05, 3.63) is 75.8 Å². The molecule has 4 rings (SSSR count). The van der Waals surface area contributed by atoms with E-state index in [0.29, 0.717) is 29.1 Å². The van der Waals surface area contributed by atoms with Crippen molar-refractivity contribution in [2.24, 2.45) is 5.73 Å². The molecule has 36 heavy (non-hydrogen) atoms. The molecule has 4 N–H and O–H groups in total. The molecule has 1 atom stereocenters. The monoisotopic (exact) mass is 529 g/mol. The summed E-state index contributed by atoms with van der Waals surface area (Å²) < 4.78 is 12.0. The number of hydrogen-bond donors (Lipinski definition) is 3. The fraction of sp³-hybridized carbons (Fsp3) is 0.231. The van der Waals surface area contributed by atoms with Gasteiger partial charge in [-0.05, 0) is 54.4 Å². The highest BCUT2D eigenvalue weighted by atomic mass is 35.5. The molecule has 3 aromatic carbocycles. The lowest BCUT2D eigenvalue weighted by Crippen LogP contribution is -2.32. The van der Waals surface area contributed by atoms with Crippen molar-refractivity contribution in [2.45, 2.75) is 19.1 Å². The van der Waals surface area contributed by atoms with E-state index in [1.165, 1.54) is 0 Å². The standard InChI is InChI=1S/C26H25Cl2N3O5/c1-31(9-10-32)18-7-5-16(6-8-18)25-30-22-4-2-3-17(23(22)36-25)14-35-24-19(27)11-15(12-20(24)28)13-21(29)26(33)34/h2-8,11-12,21,32H,9-10,13-14,29H2,1H3,(H,33,34). The Morgan fingerprint density at radius 3 is 2.50 bits per heavy atom. The summed E-state index contributed by atoms with van der Waals surface area (Å²) in [6, 6.07) is 15.5. The molecule has 0 spiro atoms. The van der Waals surface area contributed by atoms with Gasteiger partial charge in [0.1, 0.15) is 18.2 Å². The van der Waals surface area contributed by atoms with Crippen molar-refractivity contribution in [3.8, 4) is 17.2 Å². The van der Waals surface area contributed by atoms with Gasteiger partial charge in [-0.1, -0.05) is 35.3 Å². The molecule has 8 nitrogen and oxygen atoms in total. The van der Waals surface area contributed by atoms with Crippen LogP contribution in [0.15, 0.2) is 59.0 Å². The Bertz CT molecular complexity index is 1350. The first-order valence-corrected chi connectivity index (χ1v) is 11.9. The second-order valence-electron chi connectivity index (χ2n) is 8.30. The van der Waals surface area contributed by atoms with Crippen molar-refractivity contribution in [1.82, 2.24) is 4.98 Å². The number of halogens is 2. The quantitative estimate of drug-likeness (QED) is 0.268. The summed E-state index contributed by atoms with van der Waals surface area (Å²) in [7, 11) is 1.91. The summed E-state index contributed by atoms with van der Waals surface area (Å²) in [5.74, 6) is -0.346. The number of fused-ring (bicyclic) bond motifs is 1. The number of aliphatic hydroxyl groups excluding tert-OH is 1. The Balaban J connectivity index is 1.53. The lowest BCUT2D eigenvalue weighted by Gasteiger charge is -2.17. The predicted octanol–water partition coefficient (Wildman–Crippen LogP) is 4.76. The van der Waals surface area contributed by atoms with E-state index in [-0.39, 0.29) is 35.4 Å². The van der Waals surface area contributed by atoms with Crippen LogP contribution in [0.3, 0.4) is 0 Å². The van der Waals surface area contributed by atoms with Crippen molar-refractivity contribution in [3.63, 3.8) is 0 Å². The van der Waals surface area contributed by atoms with Crippen LogP contribution in [0.1, 0.15) is 11.1 Å². The van der Waals surface area contributed by atoms with Gasteiger partial charge < -0.3 is 30.0 Å². The Hall–Kier alpha value is -3.30. The molecule has 0 fully saturated rings. The van der Waals surface area contributed by atoms with Crippen LogP contribution in [0.4, 0.5) is 5.69 Å². The minimum absolute atomic E-state index is 0.0771. The van der Waals surface area contributed by atoms with E-state index in [9.17, 15) is 4.79 Å². The van der Waals surface area contributed by atoms with Gasteiger partial charge >= 0.3 is 5.97 Å². The normalized spacial score (nSPS) is 12.0. The third kappa shape index (κ3) is 5.74. The minimum atomic E-state index is -1.10. The highest BCUT2D eigenvalue weighted by Crippen LogP contribution is 2.36. The average Bonchev–Trinajstić information content (AvgIpc) is 3.29. The van der Waals surface area contributed by atoms with Crippen molar-refractivity contribution in [1.29, 1.82) is 0 Å². The van der Waals surface area contributed by atoms with Crippen LogP contribution in [0, 0.1) is 0 Å². The molecule has 4 aromatic rings. The van der Waals surface area contributed by atoms with Crippen LogP contribution in [0.25, 0.3) is 22.6 Å². The largest absolute Gasteiger partial charge is 0.486 e. The molecular weight excluding hydrogens is 505 g/mol. The van der Waals surface area contributed by atoms with Gasteiger partial charge in [-0.15, -0.1) is 0 Å². The summed E-state index contributed by atoms with van der Waals surface area (Å²) in [4.78, 5) is 17.6. The predicted molar refractivity (Wildman–Crippen MR) is 140 cm³/mol. The van der Waals surface area contributed by atoms with Crippen LogP contribution < -0.4 is 15.4 Å². The molecule has 1 unspecified atom stereocenters. The topological polar surface area (TPSA) is 122 Å². The molecule has 10 heteroatoms. The molecule has 0 aliphatic heterocycles. The molecule has 0 saturated carbocycles. The summed E-state index contributed by atoms with van der Waals surface area (Å²) in [5.41, 5.74) is 10.0. The first kappa shape index (κ1) is 25.8. The number of ether oxygens (including phenoxy) is 1. The number of nitrogens with two attached hydrogens (primary N) is 1. The molecule has 0 aliphatic carbocycles. The number of rotatable bonds is 10. The minimum Gasteiger partial charge on any atom is -0.486 e. The van der Waals surface area contributed by atoms with Crippen LogP contribution in [0.5, 0.6) is 5.75 Å². The highest BCUT2D eigenvalue weighted by molar-refractivity contribution is 6.37. The maximum Gasteiger partial charge on any atom is 0.320 e. The summed E-state index contributed by atoms with van der Waals surface area (Å²) in [5, 5.41) is 18.7. The number of anilines is 1. The number of carboxylic acids is 1. The van der Waals surface area contributed by atoms with Gasteiger partial charge in [0, 0.05) is 30.4 Å². The van der Waals surface area contributed by atoms with E-state index in [0.717, 1.165) is 16.8 Å². The average molecular weight is 530 g/mol. The molecule has 0 radical (unpaired) electrons. The van der Waals surface area contributed by atoms with E-state index >= 15 is 0 Å². The third-order valence-corrected chi connectivity index (χ3v) is 6.25. The van der Waals surface area contributed by atoms with Crippen molar-refractivity contribution in [2.75, 3.05) is 25.1 Å². The molecule has 1 aromatic heterocycles. The number of hydrogen-bond acceptors (Lipinski definition) is 7. The molecule has 0 bridgehead atoms. The summed E-state index contributed by atoms with van der Waals surface area (Å²) in [6.45, 7) is 0.746. The number of carboxylic acid groups (broad SMARTS) is 1. The van der Waals surface area contributed by atoms with Crippen LogP contribution in [0.2, 0.25) is 10.0 Å². The lowest BCUT2D eigenvalue weighted by atomic mass is 10.1. The van der Waals surface area contributed by atoms with E-state index in [1.54, 1.807) is 12.1 Å². The second-order valence-corrected chi connectivity index (χ2v) is 9.12. The Labute approximate surface area is 217 Å². The number of oxazole rings is 1. The van der Waals surface area contributed by atoms with Gasteiger partial charge in [-0.3, -0.25) is 4.79 Å². The highest BCUT2D eigenvalue weighted by Gasteiger charge is 2.17. The summed E-state index contributed by atoms with van der Waals surface area (Å²) in [6.07, 6.45) is 0.0912. The van der Waals surface area contributed by atoms with Crippen molar-refractivity contribution >= 4 is 46.0 Å². The van der Waals surface area contributed by atoms with Gasteiger partial charge in [-0.2, -0.15) is 0 Å². The Morgan fingerprint density at radius 1 is 1.17 bits per heavy atom. The number of para-hydroxylation sites is 1. The number of aromatic nitrogens is 1. The van der Waals surface area contributed by atoms with E-state index < -0.39 is 12.0 Å². The Kier molecular flexibility index (Phi) is 8.01. The first-order valence-electron chi connectivity index (χ1n) is 11.2. The third-order valence-electron chi connectivity index (χ3n) is 5.69. The van der Waals surface area contributed by atoms with Crippen LogP contribution in [-0.4, -0.2) is 47.4 Å². The van der Waals surface area contributed by atoms with E-state index in [1.807, 2.05) is 54.4 Å². The van der Waals surface area contributed by atoms with Gasteiger partial charge in [-0.25, -0.2) is 4.98 Å². The zero-order valence-electron chi connectivity index (χ0n) is 19.4. The molecule has 0 amide bonds. The SMILES string of the molecule is CN(CCO)c1ccc(-c2nc3cccc(COc4c(Cl)cc(CC(N)C(=O)O)cc4Cl)c3o2)cc1. The summed E-state index contributed by atoms with van der Waals surface area (Å²) >= 11 is 12.7. The zero-order chi connectivity index (χ0) is 25.8. The smallest absolute Gasteiger partial charge is 0.320 e. The van der Waals surface area contributed by atoms with Crippen LogP contribution >= 0.6 is 23.2 Å². The molecule has 1 heterocycles. The van der Waals surface area contributed by atoms with Gasteiger partial charge in [0.15, 0.2) is 11.3 Å². The maximum absolute atomic E-state index is 11.0. The Morgan fingerprint density at radius 2 is 1.86 bits per heavy atom. The lowest BCUT2D eigenvalue weighted by molar-refractivity contribution is -0.138. The van der Waals surface area contributed by atoms with E-state index in [4.69, 9.17) is 48.3 Å². The zero-order valence-corrected chi connectivity index (χ0v) is 21.0. The number of benzene rings is 3. The fourth-order valence-electron chi connectivity index (χ4n) is 3.74. The molecular formula is C26H25Cl2N3O5. The van der Waals surface area contributed by atoms with Gasteiger partial charge in [0.2, 0.25) is 5.89 Å². The maximum atomic E-state index is 11.0. The van der Waals surface area contributed by atoms with Crippen molar-refractivity contribution < 1.29 is 24.2 Å². The van der Waals surface area contributed by atoms with Gasteiger partial charge in [0.25, 0.3) is 0 Å². The molecule has 0 aliphatic rings.